The first kappa shape index (κ1) is 13.2. The van der Waals surface area contributed by atoms with E-state index < -0.39 is 0 Å². The van der Waals surface area contributed by atoms with Gasteiger partial charge >= 0.3 is 0 Å². The summed E-state index contributed by atoms with van der Waals surface area (Å²) in [6.45, 7) is 0.719. The summed E-state index contributed by atoms with van der Waals surface area (Å²) in [6, 6.07) is 16.1. The molecular formula is C16H13ClN2S. The predicted octanol–water partition coefficient (Wildman–Crippen LogP) is 5.08. The van der Waals surface area contributed by atoms with Gasteiger partial charge in [-0.15, -0.1) is 11.3 Å². The summed E-state index contributed by atoms with van der Waals surface area (Å²) in [6.07, 6.45) is 1.82. The first-order chi connectivity index (χ1) is 9.83. The van der Waals surface area contributed by atoms with Crippen LogP contribution in [-0.4, -0.2) is 4.98 Å². The average molecular weight is 301 g/mol. The van der Waals surface area contributed by atoms with Gasteiger partial charge < -0.3 is 5.32 Å². The fraction of sp³-hybridized carbons (Fsp3) is 0.0625. The van der Waals surface area contributed by atoms with Crippen LogP contribution < -0.4 is 5.32 Å². The second-order valence-corrected chi connectivity index (χ2v) is 5.66. The number of halogens is 1. The van der Waals surface area contributed by atoms with Gasteiger partial charge in [-0.1, -0.05) is 29.8 Å². The summed E-state index contributed by atoms with van der Waals surface area (Å²) in [7, 11) is 0. The molecule has 0 bridgehead atoms. The number of rotatable bonds is 4. The molecule has 2 aromatic carbocycles. The first-order valence-corrected chi connectivity index (χ1v) is 7.56. The van der Waals surface area contributed by atoms with Crippen LogP contribution in [0.25, 0.3) is 10.6 Å². The maximum Gasteiger partial charge on any atom is 0.123 e. The first-order valence-electron chi connectivity index (χ1n) is 6.30. The molecule has 100 valence electrons. The predicted molar refractivity (Wildman–Crippen MR) is 86.3 cm³/mol. The molecule has 1 N–H and O–H groups in total. The fourth-order valence-corrected chi connectivity index (χ4v) is 2.78. The van der Waals surface area contributed by atoms with Crippen LogP contribution in [0, 0.1) is 0 Å². The van der Waals surface area contributed by atoms with E-state index in [0.29, 0.717) is 0 Å². The smallest absolute Gasteiger partial charge is 0.123 e. The molecule has 2 nitrogen and oxygen atoms in total. The van der Waals surface area contributed by atoms with Crippen molar-refractivity contribution in [3.8, 4) is 10.6 Å². The van der Waals surface area contributed by atoms with Crippen LogP contribution in [0.15, 0.2) is 60.1 Å². The lowest BCUT2D eigenvalue weighted by molar-refractivity contribution is 1.15. The molecule has 3 rings (SSSR count). The summed E-state index contributed by atoms with van der Waals surface area (Å²) < 4.78 is 0. The number of nitrogens with zero attached hydrogens (tertiary/aromatic N) is 1. The summed E-state index contributed by atoms with van der Waals surface area (Å²) in [5.41, 5.74) is 3.31. The minimum atomic E-state index is 0.719. The lowest BCUT2D eigenvalue weighted by Crippen LogP contribution is -1.99. The van der Waals surface area contributed by atoms with Crippen molar-refractivity contribution in [3.63, 3.8) is 0 Å². The van der Waals surface area contributed by atoms with Gasteiger partial charge in [0.15, 0.2) is 0 Å². The molecule has 0 aliphatic carbocycles. The zero-order valence-corrected chi connectivity index (χ0v) is 12.3. The van der Waals surface area contributed by atoms with Gasteiger partial charge in [0.05, 0.1) is 0 Å². The minimum Gasteiger partial charge on any atom is -0.381 e. The van der Waals surface area contributed by atoms with E-state index in [1.165, 1.54) is 0 Å². The van der Waals surface area contributed by atoms with Gasteiger partial charge in [0.2, 0.25) is 0 Å². The molecule has 0 fully saturated rings. The molecule has 4 heteroatoms. The standard InChI is InChI=1S/C16H13ClN2S/c17-15-4-2-1-3-13(15)11-19-14-7-5-12(6-8-14)16-18-9-10-20-16/h1-10,19H,11H2. The van der Waals surface area contributed by atoms with E-state index in [1.807, 2.05) is 35.8 Å². The highest BCUT2D eigenvalue weighted by Gasteiger charge is 2.01. The summed E-state index contributed by atoms with van der Waals surface area (Å²) in [5.74, 6) is 0. The second kappa shape index (κ2) is 6.07. The maximum atomic E-state index is 6.14. The molecule has 1 aromatic heterocycles. The number of nitrogens with one attached hydrogen (secondary N) is 1. The fourth-order valence-electron chi connectivity index (χ4n) is 1.94. The van der Waals surface area contributed by atoms with Gasteiger partial charge in [-0.05, 0) is 35.9 Å². The molecule has 0 saturated carbocycles. The van der Waals surface area contributed by atoms with Crippen molar-refractivity contribution in [3.05, 3.63) is 70.7 Å². The van der Waals surface area contributed by atoms with Crippen LogP contribution in [0.5, 0.6) is 0 Å². The van der Waals surface area contributed by atoms with Crippen molar-refractivity contribution in [1.29, 1.82) is 0 Å². The molecule has 20 heavy (non-hydrogen) atoms. The Hall–Kier alpha value is -1.84. The molecule has 0 spiro atoms. The second-order valence-electron chi connectivity index (χ2n) is 4.36. The zero-order chi connectivity index (χ0) is 13.8. The normalized spacial score (nSPS) is 10.4. The quantitative estimate of drug-likeness (QED) is 0.727. The SMILES string of the molecule is Clc1ccccc1CNc1ccc(-c2nccs2)cc1. The van der Waals surface area contributed by atoms with Crippen molar-refractivity contribution in [2.24, 2.45) is 0 Å². The van der Waals surface area contributed by atoms with E-state index in [2.05, 4.69) is 34.6 Å². The van der Waals surface area contributed by atoms with Gasteiger partial charge in [-0.2, -0.15) is 0 Å². The van der Waals surface area contributed by atoms with Crippen LogP contribution in [0.4, 0.5) is 5.69 Å². The van der Waals surface area contributed by atoms with Gasteiger partial charge in [-0.25, -0.2) is 4.98 Å². The van der Waals surface area contributed by atoms with Gasteiger partial charge in [-0.3, -0.25) is 0 Å². The molecule has 0 aliphatic rings. The van der Waals surface area contributed by atoms with E-state index in [-0.39, 0.29) is 0 Å². The van der Waals surface area contributed by atoms with E-state index in [4.69, 9.17) is 11.6 Å². The highest BCUT2D eigenvalue weighted by molar-refractivity contribution is 7.13. The molecular weight excluding hydrogens is 288 g/mol. The van der Waals surface area contributed by atoms with Gasteiger partial charge in [0, 0.05) is 34.4 Å². The van der Waals surface area contributed by atoms with E-state index in [0.717, 1.165) is 33.4 Å². The molecule has 3 aromatic rings. The molecule has 0 saturated heterocycles. The Balaban J connectivity index is 1.68. The molecule has 0 radical (unpaired) electrons. The Morgan fingerprint density at radius 3 is 2.55 bits per heavy atom. The highest BCUT2D eigenvalue weighted by atomic mass is 35.5. The lowest BCUT2D eigenvalue weighted by atomic mass is 10.2. The third-order valence-electron chi connectivity index (χ3n) is 3.00. The molecule has 0 amide bonds. The van der Waals surface area contributed by atoms with Gasteiger partial charge in [0.1, 0.15) is 5.01 Å². The van der Waals surface area contributed by atoms with Crippen LogP contribution in [0.1, 0.15) is 5.56 Å². The van der Waals surface area contributed by atoms with E-state index in [1.54, 1.807) is 11.3 Å². The molecule has 1 heterocycles. The topological polar surface area (TPSA) is 24.9 Å². The summed E-state index contributed by atoms with van der Waals surface area (Å²) >= 11 is 7.78. The Kier molecular flexibility index (Phi) is 4.00. The minimum absolute atomic E-state index is 0.719. The Bertz CT molecular complexity index is 678. The number of hydrogen-bond donors (Lipinski definition) is 1. The lowest BCUT2D eigenvalue weighted by Gasteiger charge is -2.08. The van der Waals surface area contributed by atoms with Crippen LogP contribution >= 0.6 is 22.9 Å². The van der Waals surface area contributed by atoms with Crippen molar-refractivity contribution in [2.75, 3.05) is 5.32 Å². The maximum absolute atomic E-state index is 6.14. The van der Waals surface area contributed by atoms with Crippen LogP contribution in [-0.2, 0) is 6.54 Å². The highest BCUT2D eigenvalue weighted by Crippen LogP contribution is 2.24. The van der Waals surface area contributed by atoms with Crippen LogP contribution in [0.2, 0.25) is 5.02 Å². The Morgan fingerprint density at radius 1 is 1.05 bits per heavy atom. The van der Waals surface area contributed by atoms with Crippen molar-refractivity contribution in [1.82, 2.24) is 4.98 Å². The number of thiazole rings is 1. The summed E-state index contributed by atoms with van der Waals surface area (Å²) in [5, 5.41) is 7.19. The van der Waals surface area contributed by atoms with Gasteiger partial charge in [0.25, 0.3) is 0 Å². The summed E-state index contributed by atoms with van der Waals surface area (Å²) in [4.78, 5) is 4.30. The average Bonchev–Trinajstić information content (AvgIpc) is 3.01. The molecule has 0 unspecified atom stereocenters. The van der Waals surface area contributed by atoms with E-state index in [9.17, 15) is 0 Å². The molecule has 0 aliphatic heterocycles. The van der Waals surface area contributed by atoms with Crippen molar-refractivity contribution < 1.29 is 0 Å². The van der Waals surface area contributed by atoms with Crippen molar-refractivity contribution >= 4 is 28.6 Å². The van der Waals surface area contributed by atoms with Crippen LogP contribution in [0.3, 0.4) is 0 Å². The number of hydrogen-bond acceptors (Lipinski definition) is 3. The zero-order valence-electron chi connectivity index (χ0n) is 10.7. The Labute approximate surface area is 127 Å². The largest absolute Gasteiger partial charge is 0.381 e. The number of aromatic nitrogens is 1. The third kappa shape index (κ3) is 3.00. The Morgan fingerprint density at radius 2 is 1.85 bits per heavy atom. The third-order valence-corrected chi connectivity index (χ3v) is 4.20. The monoisotopic (exact) mass is 300 g/mol. The molecule has 0 atom stereocenters. The van der Waals surface area contributed by atoms with E-state index >= 15 is 0 Å². The number of benzene rings is 2. The van der Waals surface area contributed by atoms with Crippen molar-refractivity contribution in [2.45, 2.75) is 6.54 Å². The number of anilines is 1.